The fourth-order valence-corrected chi connectivity index (χ4v) is 2.17. The lowest BCUT2D eigenvalue weighted by molar-refractivity contribution is 0.0895. The monoisotopic (exact) mass is 250 g/mol. The van der Waals surface area contributed by atoms with Crippen molar-refractivity contribution in [1.29, 1.82) is 0 Å². The molecule has 98 valence electrons. The fraction of sp³-hybridized carbons (Fsp3) is 0.583. The summed E-state index contributed by atoms with van der Waals surface area (Å²) in [5.74, 6) is -0.207. The average molecular weight is 250 g/mol. The Bertz CT molecular complexity index is 402. The van der Waals surface area contributed by atoms with Crippen LogP contribution in [0.3, 0.4) is 0 Å². The van der Waals surface area contributed by atoms with Crippen LogP contribution in [-0.2, 0) is 0 Å². The molecule has 1 aromatic rings. The zero-order chi connectivity index (χ0) is 13.0. The minimum absolute atomic E-state index is 0.00216. The summed E-state index contributed by atoms with van der Waals surface area (Å²) in [5, 5.41) is 12.1. The lowest BCUT2D eigenvalue weighted by Crippen LogP contribution is -2.50. The van der Waals surface area contributed by atoms with Gasteiger partial charge in [0, 0.05) is 24.0 Å². The van der Waals surface area contributed by atoms with Gasteiger partial charge in [0.1, 0.15) is 5.69 Å². The number of rotatable bonds is 3. The minimum atomic E-state index is -0.478. The lowest BCUT2D eigenvalue weighted by Gasteiger charge is -2.35. The lowest BCUT2D eigenvalue weighted by atomic mass is 9.81. The number of hydrogen-bond acceptors (Lipinski definition) is 5. The van der Waals surface area contributed by atoms with E-state index in [4.69, 9.17) is 10.8 Å². The Morgan fingerprint density at radius 2 is 2.22 bits per heavy atom. The smallest absolute Gasteiger partial charge is 0.271 e. The maximum absolute atomic E-state index is 11.8. The van der Waals surface area contributed by atoms with Crippen LogP contribution in [0.2, 0.25) is 0 Å². The van der Waals surface area contributed by atoms with Gasteiger partial charge in [-0.3, -0.25) is 9.78 Å². The van der Waals surface area contributed by atoms with Crippen LogP contribution in [0.1, 0.15) is 36.2 Å². The Balaban J connectivity index is 1.87. The number of hydrogen-bond donors (Lipinski definition) is 3. The number of aromatic nitrogens is 2. The van der Waals surface area contributed by atoms with Crippen molar-refractivity contribution in [2.24, 2.45) is 5.73 Å². The second-order valence-electron chi connectivity index (χ2n) is 4.86. The predicted molar refractivity (Wildman–Crippen MR) is 65.8 cm³/mol. The van der Waals surface area contributed by atoms with Gasteiger partial charge in [0.15, 0.2) is 0 Å². The topological polar surface area (TPSA) is 101 Å². The van der Waals surface area contributed by atoms with Crippen LogP contribution in [0.25, 0.3) is 0 Å². The van der Waals surface area contributed by atoms with Crippen LogP contribution in [0.4, 0.5) is 0 Å². The summed E-state index contributed by atoms with van der Waals surface area (Å²) >= 11 is 0. The van der Waals surface area contributed by atoms with E-state index < -0.39 is 5.54 Å². The molecular weight excluding hydrogens is 232 g/mol. The number of nitrogens with two attached hydrogens (primary N) is 1. The molecule has 1 aliphatic carbocycles. The van der Waals surface area contributed by atoms with Crippen LogP contribution in [-0.4, -0.2) is 39.2 Å². The van der Waals surface area contributed by atoms with Crippen LogP contribution in [0.15, 0.2) is 18.6 Å². The second kappa shape index (κ2) is 5.41. The summed E-state index contributed by atoms with van der Waals surface area (Å²) in [6.07, 6.45) is 7.46. The summed E-state index contributed by atoms with van der Waals surface area (Å²) in [4.78, 5) is 19.7. The molecule has 0 spiro atoms. The Morgan fingerprint density at radius 3 is 2.78 bits per heavy atom. The average Bonchev–Trinajstić information content (AvgIpc) is 2.42. The SMILES string of the molecule is NC1(CO)CCC(NC(=O)c2cnccn2)CC1. The molecule has 0 radical (unpaired) electrons. The van der Waals surface area contributed by atoms with Crippen LogP contribution >= 0.6 is 0 Å². The van der Waals surface area contributed by atoms with E-state index >= 15 is 0 Å². The van der Waals surface area contributed by atoms with Gasteiger partial charge < -0.3 is 16.2 Å². The first-order valence-electron chi connectivity index (χ1n) is 6.10. The maximum Gasteiger partial charge on any atom is 0.271 e. The predicted octanol–water partition coefficient (Wildman–Crippen LogP) is -0.161. The third kappa shape index (κ3) is 3.02. The third-order valence-electron chi connectivity index (χ3n) is 3.43. The van der Waals surface area contributed by atoms with Gasteiger partial charge in [0.05, 0.1) is 12.8 Å². The van der Waals surface area contributed by atoms with E-state index in [-0.39, 0.29) is 18.6 Å². The molecule has 6 nitrogen and oxygen atoms in total. The van der Waals surface area contributed by atoms with Crippen LogP contribution in [0, 0.1) is 0 Å². The molecule has 1 fully saturated rings. The van der Waals surface area contributed by atoms with Gasteiger partial charge in [-0.2, -0.15) is 0 Å². The largest absolute Gasteiger partial charge is 0.394 e. The molecule has 0 unspecified atom stereocenters. The normalized spacial score (nSPS) is 27.8. The molecule has 0 aliphatic heterocycles. The number of carbonyl (C=O) groups excluding carboxylic acids is 1. The first kappa shape index (κ1) is 12.9. The van der Waals surface area contributed by atoms with E-state index in [1.54, 1.807) is 0 Å². The van der Waals surface area contributed by atoms with E-state index in [1.165, 1.54) is 18.6 Å². The summed E-state index contributed by atoms with van der Waals surface area (Å²) < 4.78 is 0. The number of carbonyl (C=O) groups is 1. The third-order valence-corrected chi connectivity index (χ3v) is 3.43. The summed E-state index contributed by atoms with van der Waals surface area (Å²) in [5.41, 5.74) is 5.82. The minimum Gasteiger partial charge on any atom is -0.394 e. The zero-order valence-electron chi connectivity index (χ0n) is 10.2. The Kier molecular flexibility index (Phi) is 3.88. The highest BCUT2D eigenvalue weighted by atomic mass is 16.3. The van der Waals surface area contributed by atoms with E-state index in [1.807, 2.05) is 0 Å². The number of nitrogens with zero attached hydrogens (tertiary/aromatic N) is 2. The van der Waals surface area contributed by atoms with Crippen molar-refractivity contribution in [1.82, 2.24) is 15.3 Å². The molecule has 6 heteroatoms. The molecule has 1 heterocycles. The van der Waals surface area contributed by atoms with Crippen molar-refractivity contribution in [2.45, 2.75) is 37.3 Å². The standard InChI is InChI=1S/C12H18N4O2/c13-12(8-17)3-1-9(2-4-12)16-11(18)10-7-14-5-6-15-10/h5-7,9,17H,1-4,8,13H2,(H,16,18). The van der Waals surface area contributed by atoms with Gasteiger partial charge in [-0.15, -0.1) is 0 Å². The van der Waals surface area contributed by atoms with E-state index in [0.717, 1.165) is 25.7 Å². The summed E-state index contributed by atoms with van der Waals surface area (Å²) in [7, 11) is 0. The highest BCUT2D eigenvalue weighted by Gasteiger charge is 2.31. The Morgan fingerprint density at radius 1 is 1.50 bits per heavy atom. The molecule has 1 aliphatic rings. The van der Waals surface area contributed by atoms with Gasteiger partial charge in [-0.1, -0.05) is 0 Å². The van der Waals surface area contributed by atoms with Crippen molar-refractivity contribution < 1.29 is 9.90 Å². The fourth-order valence-electron chi connectivity index (χ4n) is 2.17. The number of amides is 1. The number of nitrogens with one attached hydrogen (secondary N) is 1. The molecule has 1 amide bonds. The van der Waals surface area contributed by atoms with Gasteiger partial charge in [-0.05, 0) is 25.7 Å². The summed E-state index contributed by atoms with van der Waals surface area (Å²) in [6.45, 7) is -0.00216. The van der Waals surface area contributed by atoms with Crippen LogP contribution in [0.5, 0.6) is 0 Å². The van der Waals surface area contributed by atoms with Gasteiger partial charge in [0.2, 0.25) is 0 Å². The Hall–Kier alpha value is -1.53. The van der Waals surface area contributed by atoms with Crippen molar-refractivity contribution in [3.8, 4) is 0 Å². The molecule has 4 N–H and O–H groups in total. The molecule has 0 bridgehead atoms. The second-order valence-corrected chi connectivity index (χ2v) is 4.86. The van der Waals surface area contributed by atoms with Gasteiger partial charge >= 0.3 is 0 Å². The van der Waals surface area contributed by atoms with Gasteiger partial charge in [-0.25, -0.2) is 4.98 Å². The van der Waals surface area contributed by atoms with Crippen LogP contribution < -0.4 is 11.1 Å². The van der Waals surface area contributed by atoms with Crippen molar-refractivity contribution in [3.63, 3.8) is 0 Å². The highest BCUT2D eigenvalue weighted by molar-refractivity contribution is 5.92. The first-order valence-corrected chi connectivity index (χ1v) is 6.10. The van der Waals surface area contributed by atoms with Crippen molar-refractivity contribution >= 4 is 5.91 Å². The molecule has 2 rings (SSSR count). The zero-order valence-corrected chi connectivity index (χ0v) is 10.2. The summed E-state index contributed by atoms with van der Waals surface area (Å²) in [6, 6.07) is 0.0998. The first-order chi connectivity index (χ1) is 8.63. The van der Waals surface area contributed by atoms with Gasteiger partial charge in [0.25, 0.3) is 5.91 Å². The molecule has 18 heavy (non-hydrogen) atoms. The van der Waals surface area contributed by atoms with Crippen molar-refractivity contribution in [2.75, 3.05) is 6.61 Å². The van der Waals surface area contributed by atoms with E-state index in [9.17, 15) is 4.79 Å². The highest BCUT2D eigenvalue weighted by Crippen LogP contribution is 2.25. The number of aliphatic hydroxyl groups is 1. The molecule has 0 saturated heterocycles. The van der Waals surface area contributed by atoms with E-state index in [0.29, 0.717) is 5.69 Å². The molecule has 1 saturated carbocycles. The molecule has 1 aromatic heterocycles. The molecule has 0 aromatic carbocycles. The molecule has 0 atom stereocenters. The maximum atomic E-state index is 11.8. The quantitative estimate of drug-likeness (QED) is 0.692. The molecular formula is C12H18N4O2. The van der Waals surface area contributed by atoms with Crippen molar-refractivity contribution in [3.05, 3.63) is 24.3 Å². The van der Waals surface area contributed by atoms with E-state index in [2.05, 4.69) is 15.3 Å². The number of aliphatic hydroxyl groups excluding tert-OH is 1. The Labute approximate surface area is 106 Å².